The molecule has 3 aromatic rings. The van der Waals surface area contributed by atoms with E-state index in [1.54, 1.807) is 25.3 Å². The van der Waals surface area contributed by atoms with Crippen LogP contribution < -0.4 is 10.1 Å². The second-order valence-electron chi connectivity index (χ2n) is 6.75. The summed E-state index contributed by atoms with van der Waals surface area (Å²) in [7, 11) is 1.58. The summed E-state index contributed by atoms with van der Waals surface area (Å²) in [6.45, 7) is 6.38. The van der Waals surface area contributed by atoms with Crippen molar-refractivity contribution in [2.24, 2.45) is 0 Å². The molecule has 5 nitrogen and oxygen atoms in total. The molecule has 2 heterocycles. The lowest BCUT2D eigenvalue weighted by molar-refractivity contribution is 0.102. The van der Waals surface area contributed by atoms with Gasteiger partial charge in [-0.1, -0.05) is 26.8 Å². The maximum atomic E-state index is 12.4. The normalized spacial score (nSPS) is 11.5. The van der Waals surface area contributed by atoms with Gasteiger partial charge in [-0.05, 0) is 30.3 Å². The molecular formula is C19H21N3O2. The summed E-state index contributed by atoms with van der Waals surface area (Å²) in [6.07, 6.45) is 3.87. The van der Waals surface area contributed by atoms with Crippen LogP contribution in [0.2, 0.25) is 0 Å². The number of hydrogen-bond donors (Lipinski definition) is 1. The number of hydrogen-bond acceptors (Lipinski definition) is 3. The van der Waals surface area contributed by atoms with E-state index in [4.69, 9.17) is 4.74 Å². The summed E-state index contributed by atoms with van der Waals surface area (Å²) in [5, 5.41) is 2.91. The van der Waals surface area contributed by atoms with Crippen molar-refractivity contribution in [2.75, 3.05) is 12.4 Å². The maximum Gasteiger partial charge on any atom is 0.255 e. The monoisotopic (exact) mass is 323 g/mol. The van der Waals surface area contributed by atoms with Crippen LogP contribution in [0, 0.1) is 0 Å². The summed E-state index contributed by atoms with van der Waals surface area (Å²) in [5.74, 6) is 0.479. The second kappa shape index (κ2) is 6.00. The summed E-state index contributed by atoms with van der Waals surface area (Å²) >= 11 is 0. The van der Waals surface area contributed by atoms with Gasteiger partial charge in [0.15, 0.2) is 0 Å². The lowest BCUT2D eigenvalue weighted by Crippen LogP contribution is -2.12. The number of benzene rings is 1. The number of amides is 1. The maximum absolute atomic E-state index is 12.4. The molecule has 0 radical (unpaired) electrons. The van der Waals surface area contributed by atoms with E-state index in [0.717, 1.165) is 11.3 Å². The lowest BCUT2D eigenvalue weighted by atomic mass is 9.93. The Morgan fingerprint density at radius 3 is 2.67 bits per heavy atom. The molecule has 1 amide bonds. The van der Waals surface area contributed by atoms with Gasteiger partial charge in [0.05, 0.1) is 18.5 Å². The van der Waals surface area contributed by atoms with E-state index < -0.39 is 0 Å². The number of ether oxygens (including phenoxy) is 1. The number of carbonyl (C=O) groups is 1. The van der Waals surface area contributed by atoms with Crippen LogP contribution >= 0.6 is 0 Å². The van der Waals surface area contributed by atoms with Crippen LogP contribution in [0.3, 0.4) is 0 Å². The molecule has 0 unspecified atom stereocenters. The number of methoxy groups -OCH3 is 1. The Labute approximate surface area is 141 Å². The second-order valence-corrected chi connectivity index (χ2v) is 6.75. The number of nitrogens with one attached hydrogen (secondary N) is 1. The van der Waals surface area contributed by atoms with Gasteiger partial charge in [0.25, 0.3) is 5.91 Å². The van der Waals surface area contributed by atoms with E-state index in [1.165, 1.54) is 0 Å². The fraction of sp³-hybridized carbons (Fsp3) is 0.263. The van der Waals surface area contributed by atoms with Gasteiger partial charge in [0.1, 0.15) is 11.4 Å². The Kier molecular flexibility index (Phi) is 4.01. The molecule has 1 N–H and O–H groups in total. The van der Waals surface area contributed by atoms with Crippen molar-refractivity contribution in [3.63, 3.8) is 0 Å². The molecule has 124 valence electrons. The average Bonchev–Trinajstić information content (AvgIpc) is 2.98. The molecule has 0 spiro atoms. The molecule has 0 bridgehead atoms. The summed E-state index contributed by atoms with van der Waals surface area (Å²) in [5.41, 5.74) is 3.12. The highest BCUT2D eigenvalue weighted by Gasteiger charge is 2.17. The number of pyridine rings is 1. The number of nitrogens with zero attached hydrogens (tertiary/aromatic N) is 2. The van der Waals surface area contributed by atoms with Gasteiger partial charge < -0.3 is 14.5 Å². The Balaban J connectivity index is 1.85. The molecule has 2 aromatic heterocycles. The molecule has 1 aromatic carbocycles. The molecule has 0 atom stereocenters. The van der Waals surface area contributed by atoms with E-state index in [9.17, 15) is 4.79 Å². The highest BCUT2D eigenvalue weighted by molar-refractivity contribution is 6.04. The van der Waals surface area contributed by atoms with E-state index >= 15 is 0 Å². The zero-order valence-corrected chi connectivity index (χ0v) is 14.3. The fourth-order valence-corrected chi connectivity index (χ4v) is 2.39. The van der Waals surface area contributed by atoms with Crippen LogP contribution in [-0.4, -0.2) is 22.4 Å². The fourth-order valence-electron chi connectivity index (χ4n) is 2.39. The molecule has 0 saturated carbocycles. The van der Waals surface area contributed by atoms with E-state index in [2.05, 4.69) is 31.1 Å². The first-order chi connectivity index (χ1) is 11.4. The highest BCUT2D eigenvalue weighted by atomic mass is 16.5. The number of rotatable bonds is 3. The largest absolute Gasteiger partial charge is 0.497 e. The minimum Gasteiger partial charge on any atom is -0.497 e. The molecular weight excluding hydrogens is 302 g/mol. The first kappa shape index (κ1) is 16.1. The van der Waals surface area contributed by atoms with Crippen molar-refractivity contribution in [1.29, 1.82) is 0 Å². The summed E-state index contributed by atoms with van der Waals surface area (Å²) < 4.78 is 7.09. The third-order valence-corrected chi connectivity index (χ3v) is 3.81. The number of aromatic nitrogens is 2. The minimum atomic E-state index is -0.176. The number of carbonyl (C=O) groups excluding carboxylic acids is 1. The summed E-state index contributed by atoms with van der Waals surface area (Å²) in [6, 6.07) is 10.8. The van der Waals surface area contributed by atoms with Gasteiger partial charge in [-0.15, -0.1) is 0 Å². The van der Waals surface area contributed by atoms with Crippen LogP contribution in [0.25, 0.3) is 5.65 Å². The molecule has 5 heteroatoms. The Bertz CT molecular complexity index is 891. The predicted octanol–water partition coefficient (Wildman–Crippen LogP) is 3.89. The van der Waals surface area contributed by atoms with Gasteiger partial charge in [-0.2, -0.15) is 0 Å². The molecule has 0 fully saturated rings. The number of fused-ring (bicyclic) bond motifs is 1. The van der Waals surface area contributed by atoms with Crippen molar-refractivity contribution in [3.05, 3.63) is 60.0 Å². The van der Waals surface area contributed by atoms with Crippen molar-refractivity contribution in [2.45, 2.75) is 26.2 Å². The standard InChI is InChI=1S/C19H21N3O2/c1-19(2,3)16-12-22-11-14(8-9-17(22)21-16)20-18(23)13-6-5-7-15(10-13)24-4/h5-12H,1-4H3,(H,20,23). The predicted molar refractivity (Wildman–Crippen MR) is 94.8 cm³/mol. The quantitative estimate of drug-likeness (QED) is 0.795. The molecule has 3 rings (SSSR count). The zero-order chi connectivity index (χ0) is 17.3. The summed E-state index contributed by atoms with van der Waals surface area (Å²) in [4.78, 5) is 17.0. The third-order valence-electron chi connectivity index (χ3n) is 3.81. The van der Waals surface area contributed by atoms with Crippen LogP contribution in [0.1, 0.15) is 36.8 Å². The molecule has 0 aliphatic carbocycles. The van der Waals surface area contributed by atoms with Gasteiger partial charge in [0.2, 0.25) is 0 Å². The van der Waals surface area contributed by atoms with Crippen molar-refractivity contribution < 1.29 is 9.53 Å². The zero-order valence-electron chi connectivity index (χ0n) is 14.3. The van der Waals surface area contributed by atoms with Crippen molar-refractivity contribution in [1.82, 2.24) is 9.38 Å². The molecule has 24 heavy (non-hydrogen) atoms. The average molecular weight is 323 g/mol. The SMILES string of the molecule is COc1cccc(C(=O)Nc2ccc3nc(C(C)(C)C)cn3c2)c1. The lowest BCUT2D eigenvalue weighted by Gasteiger charge is -2.13. The Hall–Kier alpha value is -2.82. The third kappa shape index (κ3) is 3.25. The molecule has 0 aliphatic heterocycles. The Morgan fingerprint density at radius 2 is 1.96 bits per heavy atom. The molecule has 0 saturated heterocycles. The smallest absolute Gasteiger partial charge is 0.255 e. The van der Waals surface area contributed by atoms with E-state index in [-0.39, 0.29) is 11.3 Å². The molecule has 0 aliphatic rings. The van der Waals surface area contributed by atoms with Crippen LogP contribution in [0.4, 0.5) is 5.69 Å². The van der Waals surface area contributed by atoms with Crippen LogP contribution in [0.15, 0.2) is 48.8 Å². The number of imidazole rings is 1. The van der Waals surface area contributed by atoms with Crippen LogP contribution in [0.5, 0.6) is 5.75 Å². The topological polar surface area (TPSA) is 55.6 Å². The van der Waals surface area contributed by atoms with E-state index in [1.807, 2.05) is 35.0 Å². The van der Waals surface area contributed by atoms with Crippen LogP contribution in [-0.2, 0) is 5.41 Å². The highest BCUT2D eigenvalue weighted by Crippen LogP contribution is 2.23. The van der Waals surface area contributed by atoms with Gasteiger partial charge >= 0.3 is 0 Å². The van der Waals surface area contributed by atoms with Gasteiger partial charge in [0, 0.05) is 23.4 Å². The first-order valence-corrected chi connectivity index (χ1v) is 7.81. The van der Waals surface area contributed by atoms with Crippen molar-refractivity contribution in [3.8, 4) is 5.75 Å². The first-order valence-electron chi connectivity index (χ1n) is 7.81. The Morgan fingerprint density at radius 1 is 1.17 bits per heavy atom. The van der Waals surface area contributed by atoms with Gasteiger partial charge in [-0.25, -0.2) is 4.98 Å². The van der Waals surface area contributed by atoms with Crippen molar-refractivity contribution >= 4 is 17.2 Å². The van der Waals surface area contributed by atoms with E-state index in [0.29, 0.717) is 17.0 Å². The van der Waals surface area contributed by atoms with Gasteiger partial charge in [-0.3, -0.25) is 4.79 Å². The number of anilines is 1. The minimum absolute atomic E-state index is 0.0178.